The van der Waals surface area contributed by atoms with Gasteiger partial charge in [0.25, 0.3) is 0 Å². The summed E-state index contributed by atoms with van der Waals surface area (Å²) in [4.78, 5) is 14.5. The summed E-state index contributed by atoms with van der Waals surface area (Å²) in [6.45, 7) is 2.04. The van der Waals surface area contributed by atoms with Crippen LogP contribution in [-0.2, 0) is 19.6 Å². The number of hydrogen-bond donors (Lipinski definition) is 0. The van der Waals surface area contributed by atoms with Gasteiger partial charge in [0.2, 0.25) is 0 Å². The molecular weight excluding hydrogens is 290 g/mol. The summed E-state index contributed by atoms with van der Waals surface area (Å²) < 4.78 is 7.80. The first-order valence-corrected chi connectivity index (χ1v) is 8.09. The van der Waals surface area contributed by atoms with Gasteiger partial charge in [-0.15, -0.1) is 0 Å². The fraction of sp³-hybridized carbons (Fsp3) is 0.444. The third-order valence-electron chi connectivity index (χ3n) is 4.10. The maximum atomic E-state index is 12.3. The monoisotopic (exact) mass is 313 g/mol. The van der Waals surface area contributed by atoms with Crippen LogP contribution < -0.4 is 4.74 Å². The van der Waals surface area contributed by atoms with Crippen molar-refractivity contribution in [1.82, 2.24) is 14.7 Å². The molecule has 5 nitrogen and oxygen atoms in total. The zero-order chi connectivity index (χ0) is 16.2. The Morgan fingerprint density at radius 3 is 2.74 bits per heavy atom. The van der Waals surface area contributed by atoms with E-state index in [1.54, 1.807) is 0 Å². The summed E-state index contributed by atoms with van der Waals surface area (Å²) in [5.41, 5.74) is 2.65. The van der Waals surface area contributed by atoms with Crippen molar-refractivity contribution in [2.75, 3.05) is 20.6 Å². The quantitative estimate of drug-likeness (QED) is 0.822. The number of para-hydroxylation sites is 1. The fourth-order valence-corrected chi connectivity index (χ4v) is 2.92. The topological polar surface area (TPSA) is 47.4 Å². The van der Waals surface area contributed by atoms with Crippen molar-refractivity contribution < 1.29 is 9.53 Å². The van der Waals surface area contributed by atoms with Gasteiger partial charge in [-0.05, 0) is 39.1 Å². The summed E-state index contributed by atoms with van der Waals surface area (Å²) in [7, 11) is 4.08. The van der Waals surface area contributed by atoms with E-state index in [2.05, 4.69) is 10.00 Å². The molecular formula is C18H23N3O2. The van der Waals surface area contributed by atoms with Gasteiger partial charge in [-0.3, -0.25) is 9.48 Å². The van der Waals surface area contributed by atoms with Gasteiger partial charge in [-0.25, -0.2) is 0 Å². The van der Waals surface area contributed by atoms with Crippen molar-refractivity contribution in [3.63, 3.8) is 0 Å². The van der Waals surface area contributed by atoms with E-state index in [4.69, 9.17) is 4.74 Å². The Kier molecular flexibility index (Phi) is 4.76. The average molecular weight is 313 g/mol. The largest absolute Gasteiger partial charge is 0.487 e. The molecule has 0 unspecified atom stereocenters. The zero-order valence-electron chi connectivity index (χ0n) is 13.8. The number of aromatic nitrogens is 2. The maximum absolute atomic E-state index is 12.3. The SMILES string of the molecule is CN(C)CCn1nc(COc2ccccc2)c2c1CCCC2=O. The number of likely N-dealkylation sites (N-methyl/N-ethyl adjacent to an activating group) is 1. The summed E-state index contributed by atoms with van der Waals surface area (Å²) in [6.07, 6.45) is 2.45. The Balaban J connectivity index is 1.82. The predicted octanol–water partition coefficient (Wildman–Crippen LogP) is 2.54. The van der Waals surface area contributed by atoms with Gasteiger partial charge in [0.1, 0.15) is 18.1 Å². The highest BCUT2D eigenvalue weighted by atomic mass is 16.5. The number of fused-ring (bicyclic) bond motifs is 1. The van der Waals surface area contributed by atoms with Crippen LogP contribution in [-0.4, -0.2) is 41.1 Å². The molecule has 1 heterocycles. The molecule has 0 amide bonds. The Bertz CT molecular complexity index is 677. The van der Waals surface area contributed by atoms with Gasteiger partial charge < -0.3 is 9.64 Å². The minimum absolute atomic E-state index is 0.203. The normalized spacial score (nSPS) is 14.1. The number of hydrogen-bond acceptors (Lipinski definition) is 4. The van der Waals surface area contributed by atoms with Crippen molar-refractivity contribution in [2.24, 2.45) is 0 Å². The third-order valence-corrected chi connectivity index (χ3v) is 4.10. The van der Waals surface area contributed by atoms with Crippen LogP contribution in [0.3, 0.4) is 0 Å². The van der Waals surface area contributed by atoms with E-state index in [9.17, 15) is 4.79 Å². The summed E-state index contributed by atoms with van der Waals surface area (Å²) >= 11 is 0. The van der Waals surface area contributed by atoms with Crippen LogP contribution in [0.5, 0.6) is 5.75 Å². The summed E-state index contributed by atoms with van der Waals surface area (Å²) in [5.74, 6) is 1.00. The van der Waals surface area contributed by atoms with Gasteiger partial charge in [-0.1, -0.05) is 18.2 Å². The van der Waals surface area contributed by atoms with Crippen molar-refractivity contribution in [3.8, 4) is 5.75 Å². The van der Waals surface area contributed by atoms with Gasteiger partial charge in [0.15, 0.2) is 5.78 Å². The second kappa shape index (κ2) is 6.96. The molecule has 0 saturated carbocycles. The average Bonchev–Trinajstić information content (AvgIpc) is 2.91. The van der Waals surface area contributed by atoms with Gasteiger partial charge in [0.05, 0.1) is 12.1 Å². The molecule has 0 bridgehead atoms. The number of Topliss-reactive ketones (excluding diaryl/α,β-unsaturated/α-hetero) is 1. The first-order chi connectivity index (χ1) is 11.1. The predicted molar refractivity (Wildman–Crippen MR) is 88.8 cm³/mol. The molecule has 0 fully saturated rings. The Labute approximate surface area is 136 Å². The van der Waals surface area contributed by atoms with Crippen molar-refractivity contribution in [1.29, 1.82) is 0 Å². The smallest absolute Gasteiger partial charge is 0.166 e. The lowest BCUT2D eigenvalue weighted by Crippen LogP contribution is -2.21. The molecule has 1 aliphatic rings. The molecule has 0 N–H and O–H groups in total. The molecule has 0 radical (unpaired) electrons. The van der Waals surface area contributed by atoms with E-state index in [0.717, 1.165) is 48.6 Å². The van der Waals surface area contributed by atoms with E-state index in [1.165, 1.54) is 0 Å². The molecule has 5 heteroatoms. The number of ketones is 1. The van der Waals surface area contributed by atoms with Crippen LogP contribution in [0, 0.1) is 0 Å². The van der Waals surface area contributed by atoms with Crippen LogP contribution in [0.1, 0.15) is 34.6 Å². The number of benzene rings is 1. The number of rotatable bonds is 6. The minimum Gasteiger partial charge on any atom is -0.487 e. The van der Waals surface area contributed by atoms with E-state index in [-0.39, 0.29) is 5.78 Å². The molecule has 0 atom stereocenters. The Morgan fingerprint density at radius 1 is 1.22 bits per heavy atom. The standard InChI is InChI=1S/C18H23N3O2/c1-20(2)11-12-21-16-9-6-10-17(22)18(16)15(19-21)13-23-14-7-4-3-5-8-14/h3-5,7-8H,6,9-13H2,1-2H3. The summed E-state index contributed by atoms with van der Waals surface area (Å²) in [6, 6.07) is 9.65. The molecule has 1 aliphatic carbocycles. The third kappa shape index (κ3) is 3.62. The highest BCUT2D eigenvalue weighted by molar-refractivity contribution is 5.99. The van der Waals surface area contributed by atoms with Crippen LogP contribution >= 0.6 is 0 Å². The van der Waals surface area contributed by atoms with Gasteiger partial charge >= 0.3 is 0 Å². The molecule has 0 spiro atoms. The van der Waals surface area contributed by atoms with E-state index in [0.29, 0.717) is 13.0 Å². The number of ether oxygens (including phenoxy) is 1. The first-order valence-electron chi connectivity index (χ1n) is 8.09. The molecule has 23 heavy (non-hydrogen) atoms. The number of carbonyl (C=O) groups is 1. The van der Waals surface area contributed by atoms with Crippen LogP contribution in [0.25, 0.3) is 0 Å². The first kappa shape index (κ1) is 15.7. The maximum Gasteiger partial charge on any atom is 0.166 e. The van der Waals surface area contributed by atoms with Crippen molar-refractivity contribution >= 4 is 5.78 Å². The van der Waals surface area contributed by atoms with E-state index < -0.39 is 0 Å². The molecule has 122 valence electrons. The molecule has 1 aromatic carbocycles. The molecule has 2 aromatic rings. The second-order valence-corrected chi connectivity index (χ2v) is 6.17. The van der Waals surface area contributed by atoms with Crippen molar-refractivity contribution in [3.05, 3.63) is 47.3 Å². The Hall–Kier alpha value is -2.14. The second-order valence-electron chi connectivity index (χ2n) is 6.17. The van der Waals surface area contributed by atoms with Crippen molar-refractivity contribution in [2.45, 2.75) is 32.4 Å². The lowest BCUT2D eigenvalue weighted by molar-refractivity contribution is 0.0969. The van der Waals surface area contributed by atoms with E-state index >= 15 is 0 Å². The fourth-order valence-electron chi connectivity index (χ4n) is 2.92. The lowest BCUT2D eigenvalue weighted by atomic mass is 9.94. The lowest BCUT2D eigenvalue weighted by Gasteiger charge is -2.15. The molecule has 0 aliphatic heterocycles. The zero-order valence-corrected chi connectivity index (χ0v) is 13.8. The van der Waals surface area contributed by atoms with Gasteiger partial charge in [-0.2, -0.15) is 5.10 Å². The minimum atomic E-state index is 0.203. The molecule has 3 rings (SSSR count). The molecule has 1 aromatic heterocycles. The highest BCUT2D eigenvalue weighted by Gasteiger charge is 2.27. The highest BCUT2D eigenvalue weighted by Crippen LogP contribution is 2.25. The number of carbonyl (C=O) groups excluding carboxylic acids is 1. The molecule has 0 saturated heterocycles. The Morgan fingerprint density at radius 2 is 2.00 bits per heavy atom. The number of nitrogens with zero attached hydrogens (tertiary/aromatic N) is 3. The van der Waals surface area contributed by atoms with Crippen LogP contribution in [0.4, 0.5) is 0 Å². The van der Waals surface area contributed by atoms with E-state index in [1.807, 2.05) is 49.1 Å². The summed E-state index contributed by atoms with van der Waals surface area (Å²) in [5, 5.41) is 4.67. The van der Waals surface area contributed by atoms with Gasteiger partial charge in [0, 0.05) is 18.7 Å². The van der Waals surface area contributed by atoms with Crippen LogP contribution in [0.15, 0.2) is 30.3 Å². The van der Waals surface area contributed by atoms with Crippen LogP contribution in [0.2, 0.25) is 0 Å².